The number of methoxy groups -OCH3 is 2. The Balaban J connectivity index is 0. The quantitative estimate of drug-likeness (QED) is 0.239. The average Bonchev–Trinajstić information content (AvgIpc) is 2.85. The second-order valence-corrected chi connectivity index (χ2v) is 7.61. The highest BCUT2D eigenvalue weighted by atomic mass is 19.1. The predicted molar refractivity (Wildman–Crippen MR) is 132 cm³/mol. The van der Waals surface area contributed by atoms with Crippen molar-refractivity contribution in [1.82, 2.24) is 5.32 Å². The second kappa shape index (κ2) is 18.3. The number of halogens is 4. The Hall–Kier alpha value is -4.08. The van der Waals surface area contributed by atoms with E-state index in [-0.39, 0.29) is 24.5 Å². The Kier molecular flexibility index (Phi) is 17.4. The molecule has 40 heavy (non-hydrogen) atoms. The van der Waals surface area contributed by atoms with Crippen LogP contribution in [0.4, 0.5) is 17.6 Å². The van der Waals surface area contributed by atoms with Crippen LogP contribution in [0, 0.1) is 23.3 Å². The number of amides is 1. The number of esters is 2. The molecule has 224 valence electrons. The number of rotatable bonds is 7. The molecule has 2 rings (SSSR count). The SMILES string of the molecule is C.COC(=O)C(C)N.COC(=O)C(C)NC(=O)C(O)c1cc(F)cc(F)c1.O=C(O)C(O)c1cc(F)cc(F)c1. The van der Waals surface area contributed by atoms with Crippen LogP contribution in [0.2, 0.25) is 0 Å². The zero-order valence-electron chi connectivity index (χ0n) is 21.2. The van der Waals surface area contributed by atoms with Crippen LogP contribution in [0.1, 0.15) is 44.6 Å². The lowest BCUT2D eigenvalue weighted by molar-refractivity contribution is -0.147. The van der Waals surface area contributed by atoms with Gasteiger partial charge in [-0.25, -0.2) is 27.2 Å². The summed E-state index contributed by atoms with van der Waals surface area (Å²) in [5.74, 6) is -7.25. The number of carbonyl (C=O) groups is 4. The lowest BCUT2D eigenvalue weighted by Crippen LogP contribution is -2.41. The fourth-order valence-corrected chi connectivity index (χ4v) is 2.47. The van der Waals surface area contributed by atoms with E-state index < -0.39 is 65.4 Å². The first-order chi connectivity index (χ1) is 18.0. The largest absolute Gasteiger partial charge is 0.479 e. The molecular weight excluding hydrogens is 548 g/mol. The normalized spacial score (nSPS) is 12.8. The Morgan fingerprint density at radius 1 is 0.750 bits per heavy atom. The minimum absolute atomic E-state index is 0. The van der Waals surface area contributed by atoms with Gasteiger partial charge >= 0.3 is 17.9 Å². The monoisotopic (exact) mass is 580 g/mol. The van der Waals surface area contributed by atoms with Gasteiger partial charge in [-0.15, -0.1) is 0 Å². The highest BCUT2D eigenvalue weighted by Gasteiger charge is 2.23. The van der Waals surface area contributed by atoms with Gasteiger partial charge in [0.1, 0.15) is 35.4 Å². The molecule has 0 aromatic heterocycles. The lowest BCUT2D eigenvalue weighted by atomic mass is 10.1. The molecule has 0 saturated carbocycles. The maximum Gasteiger partial charge on any atom is 0.337 e. The van der Waals surface area contributed by atoms with Gasteiger partial charge in [-0.2, -0.15) is 0 Å². The van der Waals surface area contributed by atoms with Crippen molar-refractivity contribution >= 4 is 23.8 Å². The molecule has 11 nitrogen and oxygen atoms in total. The number of aliphatic hydroxyl groups is 2. The van der Waals surface area contributed by atoms with E-state index in [0.717, 1.165) is 31.4 Å². The molecule has 6 N–H and O–H groups in total. The molecule has 0 bridgehead atoms. The first kappa shape index (κ1) is 38.1. The van der Waals surface area contributed by atoms with E-state index in [1.807, 2.05) is 0 Å². The number of carboxylic acid groups (broad SMARTS) is 1. The summed E-state index contributed by atoms with van der Waals surface area (Å²) in [6.07, 6.45) is -3.68. The smallest absolute Gasteiger partial charge is 0.337 e. The lowest BCUT2D eigenvalue weighted by Gasteiger charge is -2.15. The Morgan fingerprint density at radius 3 is 1.38 bits per heavy atom. The molecular formula is C25H32F4N2O9. The molecule has 1 amide bonds. The van der Waals surface area contributed by atoms with Crippen molar-refractivity contribution < 1.29 is 61.5 Å². The molecule has 0 aliphatic heterocycles. The Labute approximate surface area is 227 Å². The number of aliphatic hydroxyl groups excluding tert-OH is 2. The molecule has 0 spiro atoms. The molecule has 0 saturated heterocycles. The Morgan fingerprint density at radius 2 is 1.10 bits per heavy atom. The fraction of sp³-hybridized carbons (Fsp3) is 0.360. The van der Waals surface area contributed by atoms with Gasteiger partial charge in [-0.05, 0) is 49.2 Å². The van der Waals surface area contributed by atoms with Crippen LogP contribution in [0.25, 0.3) is 0 Å². The van der Waals surface area contributed by atoms with Gasteiger partial charge in [0.05, 0.1) is 14.2 Å². The van der Waals surface area contributed by atoms with Crippen LogP contribution in [-0.2, 0) is 28.7 Å². The van der Waals surface area contributed by atoms with Gasteiger partial charge in [0, 0.05) is 12.1 Å². The summed E-state index contributed by atoms with van der Waals surface area (Å²) in [5, 5.41) is 29.0. The van der Waals surface area contributed by atoms with Crippen LogP contribution in [0.3, 0.4) is 0 Å². The molecule has 0 radical (unpaired) electrons. The number of carboxylic acids is 1. The summed E-state index contributed by atoms with van der Waals surface area (Å²) in [7, 11) is 2.45. The third-order valence-electron chi connectivity index (χ3n) is 4.37. The molecule has 15 heteroatoms. The summed E-state index contributed by atoms with van der Waals surface area (Å²) in [5.41, 5.74) is 4.51. The maximum atomic E-state index is 12.9. The van der Waals surface area contributed by atoms with Crippen LogP contribution in [0.5, 0.6) is 0 Å². The van der Waals surface area contributed by atoms with Crippen molar-refractivity contribution in [3.8, 4) is 0 Å². The summed E-state index contributed by atoms with van der Waals surface area (Å²) in [4.78, 5) is 43.1. The predicted octanol–water partition coefficient (Wildman–Crippen LogP) is 1.90. The number of carbonyl (C=O) groups excluding carboxylic acids is 3. The van der Waals surface area contributed by atoms with Crippen molar-refractivity contribution in [2.45, 2.75) is 45.6 Å². The number of aliphatic carboxylic acids is 1. The molecule has 0 fully saturated rings. The third-order valence-corrected chi connectivity index (χ3v) is 4.37. The number of ether oxygens (including phenoxy) is 2. The molecule has 2 aromatic rings. The van der Waals surface area contributed by atoms with Gasteiger partial charge in [0.2, 0.25) is 0 Å². The number of nitrogens with one attached hydrogen (secondary N) is 1. The van der Waals surface area contributed by atoms with E-state index in [1.165, 1.54) is 14.0 Å². The van der Waals surface area contributed by atoms with Crippen molar-refractivity contribution in [2.24, 2.45) is 5.73 Å². The number of nitrogens with two attached hydrogens (primary N) is 1. The summed E-state index contributed by atoms with van der Waals surface area (Å²) in [6.45, 7) is 2.93. The maximum absolute atomic E-state index is 12.9. The Bertz CT molecular complexity index is 1110. The molecule has 2 aromatic carbocycles. The van der Waals surface area contributed by atoms with Gasteiger partial charge in [0.15, 0.2) is 12.2 Å². The molecule has 4 atom stereocenters. The van der Waals surface area contributed by atoms with E-state index in [9.17, 15) is 41.8 Å². The summed E-state index contributed by atoms with van der Waals surface area (Å²) >= 11 is 0. The van der Waals surface area contributed by atoms with E-state index >= 15 is 0 Å². The number of hydrogen-bond acceptors (Lipinski definition) is 9. The second-order valence-electron chi connectivity index (χ2n) is 7.61. The van der Waals surface area contributed by atoms with E-state index in [0.29, 0.717) is 12.1 Å². The van der Waals surface area contributed by atoms with Crippen LogP contribution < -0.4 is 11.1 Å². The van der Waals surface area contributed by atoms with Gasteiger partial charge in [-0.1, -0.05) is 7.43 Å². The van der Waals surface area contributed by atoms with E-state index in [1.54, 1.807) is 6.92 Å². The standard InChI is InChI=1S/C12H13F2NO4.C8H6F2O3.C4H9NO2.CH4/c1-6(12(18)19-2)15-11(17)10(16)7-3-8(13)5-9(14)4-7;9-5-1-4(2-6(10)3-5)7(11)8(12)13;1-3(5)4(6)7-2;/h3-6,10,16H,1-2H3,(H,15,17);1-3,7,11H,(H,12,13);3H,5H2,1-2H3;1H4. The van der Waals surface area contributed by atoms with Crippen LogP contribution in [-0.4, -0.2) is 65.4 Å². The van der Waals surface area contributed by atoms with Gasteiger partial charge in [0.25, 0.3) is 5.91 Å². The van der Waals surface area contributed by atoms with Gasteiger partial charge in [-0.3, -0.25) is 9.59 Å². The van der Waals surface area contributed by atoms with E-state index in [4.69, 9.17) is 15.9 Å². The average molecular weight is 581 g/mol. The highest BCUT2D eigenvalue weighted by molar-refractivity contribution is 5.87. The van der Waals surface area contributed by atoms with Crippen molar-refractivity contribution in [3.05, 3.63) is 70.8 Å². The summed E-state index contributed by atoms with van der Waals surface area (Å²) < 4.78 is 59.5. The minimum atomic E-state index is -1.90. The highest BCUT2D eigenvalue weighted by Crippen LogP contribution is 2.17. The molecule has 0 heterocycles. The third kappa shape index (κ3) is 13.6. The van der Waals surface area contributed by atoms with Crippen molar-refractivity contribution in [1.29, 1.82) is 0 Å². The molecule has 0 aliphatic rings. The molecule has 4 unspecified atom stereocenters. The zero-order chi connectivity index (χ0) is 30.4. The molecule has 0 aliphatic carbocycles. The topological polar surface area (TPSA) is 185 Å². The first-order valence-corrected chi connectivity index (χ1v) is 10.8. The fourth-order valence-electron chi connectivity index (χ4n) is 2.47. The van der Waals surface area contributed by atoms with Crippen LogP contribution >= 0.6 is 0 Å². The number of hydrogen-bond donors (Lipinski definition) is 5. The van der Waals surface area contributed by atoms with Gasteiger partial charge < -0.3 is 35.8 Å². The van der Waals surface area contributed by atoms with Crippen LogP contribution in [0.15, 0.2) is 36.4 Å². The van der Waals surface area contributed by atoms with E-state index in [2.05, 4.69) is 14.8 Å². The first-order valence-electron chi connectivity index (χ1n) is 10.8. The van der Waals surface area contributed by atoms with Crippen molar-refractivity contribution in [2.75, 3.05) is 14.2 Å². The van der Waals surface area contributed by atoms with Crippen molar-refractivity contribution in [3.63, 3.8) is 0 Å². The minimum Gasteiger partial charge on any atom is -0.479 e. The summed E-state index contributed by atoms with van der Waals surface area (Å²) in [6, 6.07) is 2.93. The zero-order valence-corrected chi connectivity index (χ0v) is 21.2. The number of benzene rings is 2.